The number of hydrogen-bond donors (Lipinski definition) is 1. The second-order valence-electron chi connectivity index (χ2n) is 4.18. The molecule has 0 saturated carbocycles. The average Bonchev–Trinajstić information content (AvgIpc) is 2.15. The topological polar surface area (TPSA) is 37.3 Å². The summed E-state index contributed by atoms with van der Waals surface area (Å²) < 4.78 is 39.1. The summed E-state index contributed by atoms with van der Waals surface area (Å²) in [7, 11) is 0. The quantitative estimate of drug-likeness (QED) is 0.848. The molecule has 2 nitrogen and oxygen atoms in total. The zero-order valence-corrected chi connectivity index (χ0v) is 10.1. The Labute approximate surface area is 101 Å². The molecule has 6 heteroatoms. The maximum absolute atomic E-state index is 13.2. The Balaban J connectivity index is 2.87. The molecule has 17 heavy (non-hydrogen) atoms. The number of thioether (sulfide) groups is 1. The minimum Gasteiger partial charge on any atom is -0.481 e. The highest BCUT2D eigenvalue weighted by molar-refractivity contribution is 7.99. The molecule has 1 aromatic carbocycles. The van der Waals surface area contributed by atoms with E-state index in [-0.39, 0.29) is 10.6 Å². The van der Waals surface area contributed by atoms with Gasteiger partial charge in [-0.05, 0) is 13.8 Å². The van der Waals surface area contributed by atoms with Crippen LogP contribution in [0.5, 0.6) is 0 Å². The molecule has 0 aliphatic heterocycles. The zero-order chi connectivity index (χ0) is 13.2. The van der Waals surface area contributed by atoms with E-state index < -0.39 is 28.8 Å². The van der Waals surface area contributed by atoms with Crippen LogP contribution < -0.4 is 0 Å². The van der Waals surface area contributed by atoms with Crippen molar-refractivity contribution < 1.29 is 23.1 Å². The molecule has 0 amide bonds. The van der Waals surface area contributed by atoms with Crippen molar-refractivity contribution in [3.05, 3.63) is 29.6 Å². The Morgan fingerprint density at radius 3 is 2.18 bits per heavy atom. The summed E-state index contributed by atoms with van der Waals surface area (Å²) in [6, 6.07) is 1.14. The molecule has 1 N–H and O–H groups in total. The van der Waals surface area contributed by atoms with E-state index in [2.05, 4.69) is 0 Å². The van der Waals surface area contributed by atoms with Crippen molar-refractivity contribution in [3.8, 4) is 0 Å². The first-order valence-corrected chi connectivity index (χ1v) is 5.73. The van der Waals surface area contributed by atoms with Crippen LogP contribution in [0.2, 0.25) is 0 Å². The SMILES string of the molecule is CC(C)(CSc1c(F)cc(F)cc1F)C(=O)O. The fraction of sp³-hybridized carbons (Fsp3) is 0.364. The monoisotopic (exact) mass is 264 g/mol. The van der Waals surface area contributed by atoms with Crippen LogP contribution in [0.3, 0.4) is 0 Å². The number of halogens is 3. The number of carbonyl (C=O) groups is 1. The van der Waals surface area contributed by atoms with Gasteiger partial charge >= 0.3 is 5.97 Å². The van der Waals surface area contributed by atoms with E-state index >= 15 is 0 Å². The lowest BCUT2D eigenvalue weighted by molar-refractivity contribution is -0.145. The van der Waals surface area contributed by atoms with Gasteiger partial charge in [-0.1, -0.05) is 0 Å². The summed E-state index contributed by atoms with van der Waals surface area (Å²) >= 11 is 0.720. The van der Waals surface area contributed by atoms with Crippen molar-refractivity contribution in [3.63, 3.8) is 0 Å². The highest BCUT2D eigenvalue weighted by atomic mass is 32.2. The van der Waals surface area contributed by atoms with Crippen LogP contribution in [0.4, 0.5) is 13.2 Å². The third-order valence-electron chi connectivity index (χ3n) is 2.12. The van der Waals surface area contributed by atoms with E-state index in [1.165, 1.54) is 13.8 Å². The van der Waals surface area contributed by atoms with Crippen molar-refractivity contribution in [2.24, 2.45) is 5.41 Å². The molecule has 0 aliphatic rings. The number of carboxylic acid groups (broad SMARTS) is 1. The first-order valence-electron chi connectivity index (χ1n) is 4.75. The first kappa shape index (κ1) is 13.9. The van der Waals surface area contributed by atoms with Crippen molar-refractivity contribution >= 4 is 17.7 Å². The van der Waals surface area contributed by atoms with E-state index in [0.717, 1.165) is 11.8 Å². The van der Waals surface area contributed by atoms with Gasteiger partial charge in [0.15, 0.2) is 0 Å². The molecule has 0 aliphatic carbocycles. The molecule has 0 atom stereocenters. The molecule has 0 spiro atoms. The number of aliphatic carboxylic acids is 1. The van der Waals surface area contributed by atoms with Gasteiger partial charge in [0.05, 0.1) is 10.3 Å². The molecule has 0 bridgehead atoms. The molecular formula is C11H11F3O2S. The lowest BCUT2D eigenvalue weighted by atomic mass is 9.97. The highest BCUT2D eigenvalue weighted by Gasteiger charge is 2.28. The second kappa shape index (κ2) is 5.00. The maximum atomic E-state index is 13.2. The predicted molar refractivity (Wildman–Crippen MR) is 58.5 cm³/mol. The molecule has 94 valence electrons. The number of carboxylic acids is 1. The predicted octanol–water partition coefficient (Wildman–Crippen LogP) is 3.31. The largest absolute Gasteiger partial charge is 0.481 e. The van der Waals surface area contributed by atoms with Crippen LogP contribution in [0.1, 0.15) is 13.8 Å². The summed E-state index contributed by atoms with van der Waals surface area (Å²) in [6.45, 7) is 2.89. The Morgan fingerprint density at radius 2 is 1.76 bits per heavy atom. The summed E-state index contributed by atoms with van der Waals surface area (Å²) in [5, 5.41) is 8.84. The minimum absolute atomic E-state index is 0.0121. The average molecular weight is 264 g/mol. The fourth-order valence-corrected chi connectivity index (χ4v) is 2.00. The highest BCUT2D eigenvalue weighted by Crippen LogP contribution is 2.31. The number of rotatable bonds is 4. The van der Waals surface area contributed by atoms with Crippen molar-refractivity contribution in [2.45, 2.75) is 18.7 Å². The molecule has 0 radical (unpaired) electrons. The molecule has 0 aromatic heterocycles. The van der Waals surface area contributed by atoms with Gasteiger partial charge in [-0.3, -0.25) is 4.79 Å². The molecule has 1 aromatic rings. The molecular weight excluding hydrogens is 253 g/mol. The Hall–Kier alpha value is -1.17. The van der Waals surface area contributed by atoms with Crippen molar-refractivity contribution in [2.75, 3.05) is 5.75 Å². The fourth-order valence-electron chi connectivity index (χ4n) is 0.981. The molecule has 0 fully saturated rings. The third-order valence-corrected chi connectivity index (χ3v) is 3.66. The van der Waals surface area contributed by atoms with Gasteiger partial charge in [-0.15, -0.1) is 11.8 Å². The lowest BCUT2D eigenvalue weighted by Crippen LogP contribution is -2.26. The Kier molecular flexibility index (Phi) is 4.08. The van der Waals surface area contributed by atoms with Crippen LogP contribution in [0.15, 0.2) is 17.0 Å². The summed E-state index contributed by atoms with van der Waals surface area (Å²) in [5.74, 6) is -4.11. The summed E-state index contributed by atoms with van der Waals surface area (Å²) in [5.41, 5.74) is -1.11. The van der Waals surface area contributed by atoms with Gasteiger partial charge in [0.25, 0.3) is 0 Å². The molecule has 0 heterocycles. The van der Waals surface area contributed by atoms with Crippen molar-refractivity contribution in [1.82, 2.24) is 0 Å². The maximum Gasteiger partial charge on any atom is 0.309 e. The van der Waals surface area contributed by atoms with Crippen LogP contribution >= 0.6 is 11.8 Å². The van der Waals surface area contributed by atoms with Crippen LogP contribution in [-0.2, 0) is 4.79 Å². The standard InChI is InChI=1S/C11H11F3O2S/c1-11(2,10(15)16)5-17-9-7(13)3-6(12)4-8(9)14/h3-4H,5H2,1-2H3,(H,15,16). The summed E-state index contributed by atoms with van der Waals surface area (Å²) in [6.07, 6.45) is 0. The van der Waals surface area contributed by atoms with Gasteiger partial charge in [0.1, 0.15) is 17.5 Å². The zero-order valence-electron chi connectivity index (χ0n) is 9.26. The Morgan fingerprint density at radius 1 is 1.29 bits per heavy atom. The third kappa shape index (κ3) is 3.39. The van der Waals surface area contributed by atoms with Crippen LogP contribution in [-0.4, -0.2) is 16.8 Å². The van der Waals surface area contributed by atoms with Crippen LogP contribution in [0.25, 0.3) is 0 Å². The van der Waals surface area contributed by atoms with E-state index in [9.17, 15) is 18.0 Å². The van der Waals surface area contributed by atoms with Gasteiger partial charge in [-0.2, -0.15) is 0 Å². The van der Waals surface area contributed by atoms with Crippen molar-refractivity contribution in [1.29, 1.82) is 0 Å². The van der Waals surface area contributed by atoms with E-state index in [1.54, 1.807) is 0 Å². The van der Waals surface area contributed by atoms with E-state index in [0.29, 0.717) is 12.1 Å². The van der Waals surface area contributed by atoms with Crippen LogP contribution in [0, 0.1) is 22.9 Å². The molecule has 0 unspecified atom stereocenters. The van der Waals surface area contributed by atoms with Gasteiger partial charge in [0.2, 0.25) is 0 Å². The molecule has 0 saturated heterocycles. The van der Waals surface area contributed by atoms with Gasteiger partial charge < -0.3 is 5.11 Å². The first-order chi connectivity index (χ1) is 7.74. The second-order valence-corrected chi connectivity index (χ2v) is 5.16. The lowest BCUT2D eigenvalue weighted by Gasteiger charge is -2.18. The molecule has 1 rings (SSSR count). The normalized spacial score (nSPS) is 11.6. The van der Waals surface area contributed by atoms with Gasteiger partial charge in [0, 0.05) is 17.9 Å². The van der Waals surface area contributed by atoms with E-state index in [1.807, 2.05) is 0 Å². The number of hydrogen-bond acceptors (Lipinski definition) is 2. The Bertz CT molecular complexity index is 423. The summed E-state index contributed by atoms with van der Waals surface area (Å²) in [4.78, 5) is 10.4. The number of benzene rings is 1. The van der Waals surface area contributed by atoms with Gasteiger partial charge in [-0.25, -0.2) is 13.2 Å². The smallest absolute Gasteiger partial charge is 0.309 e. The minimum atomic E-state index is -1.11. The van der Waals surface area contributed by atoms with E-state index in [4.69, 9.17) is 5.11 Å².